The standard InChI is InChI=1S/C5H8FO3P/c6-5(4-7)2-1-3-9-10-8/h2,7H,1,3-4H2. The van der Waals surface area contributed by atoms with Crippen LogP contribution in [-0.4, -0.2) is 18.3 Å². The maximum atomic E-state index is 12.0. The quantitative estimate of drug-likeness (QED) is 0.496. The summed E-state index contributed by atoms with van der Waals surface area (Å²) in [5.74, 6) is -0.592. The zero-order chi connectivity index (χ0) is 7.82. The number of rotatable bonds is 5. The lowest BCUT2D eigenvalue weighted by atomic mass is 10.4. The molecule has 3 nitrogen and oxygen atoms in total. The molecular formula is C5H8FO3P. The van der Waals surface area contributed by atoms with Crippen molar-refractivity contribution in [3.63, 3.8) is 0 Å². The van der Waals surface area contributed by atoms with Crippen LogP contribution in [-0.2, 0) is 9.09 Å². The van der Waals surface area contributed by atoms with Gasteiger partial charge in [-0.15, -0.1) is 0 Å². The van der Waals surface area contributed by atoms with Crippen LogP contribution in [0.25, 0.3) is 0 Å². The monoisotopic (exact) mass is 166 g/mol. The van der Waals surface area contributed by atoms with E-state index in [4.69, 9.17) is 5.11 Å². The summed E-state index contributed by atoms with van der Waals surface area (Å²) in [6, 6.07) is 0. The lowest BCUT2D eigenvalue weighted by molar-refractivity contribution is 0.295. The van der Waals surface area contributed by atoms with Gasteiger partial charge in [0, 0.05) is 0 Å². The Hall–Kier alpha value is -0.310. The maximum Gasteiger partial charge on any atom is 0.327 e. The molecule has 0 saturated carbocycles. The Morgan fingerprint density at radius 2 is 2.50 bits per heavy atom. The molecule has 0 aliphatic carbocycles. The van der Waals surface area contributed by atoms with Crippen molar-refractivity contribution in [1.29, 1.82) is 0 Å². The van der Waals surface area contributed by atoms with E-state index in [0.717, 1.165) is 0 Å². The normalized spacial score (nSPS) is 12.4. The molecule has 0 spiro atoms. The van der Waals surface area contributed by atoms with Gasteiger partial charge in [0.2, 0.25) is 0 Å². The molecule has 0 aromatic carbocycles. The Morgan fingerprint density at radius 1 is 1.80 bits per heavy atom. The van der Waals surface area contributed by atoms with E-state index in [1.807, 2.05) is 0 Å². The molecule has 58 valence electrons. The van der Waals surface area contributed by atoms with Crippen LogP contribution >= 0.6 is 8.69 Å². The Balaban J connectivity index is 3.24. The third-order valence-electron chi connectivity index (χ3n) is 0.779. The highest BCUT2D eigenvalue weighted by atomic mass is 31.1. The summed E-state index contributed by atoms with van der Waals surface area (Å²) in [6.07, 6.45) is 1.51. The number of hydrogen-bond acceptors (Lipinski definition) is 3. The van der Waals surface area contributed by atoms with Crippen LogP contribution in [0, 0.1) is 0 Å². The van der Waals surface area contributed by atoms with Crippen molar-refractivity contribution in [3.05, 3.63) is 11.9 Å². The first-order chi connectivity index (χ1) is 4.81. The molecule has 0 rings (SSSR count). The highest BCUT2D eigenvalue weighted by molar-refractivity contribution is 7.17. The number of aliphatic hydroxyl groups excluding tert-OH is 1. The first-order valence-corrected chi connectivity index (χ1v) is 3.44. The number of aliphatic hydroxyl groups is 1. The fourth-order valence-corrected chi connectivity index (χ4v) is 0.550. The van der Waals surface area contributed by atoms with Crippen molar-refractivity contribution >= 4 is 8.69 Å². The molecule has 10 heavy (non-hydrogen) atoms. The van der Waals surface area contributed by atoms with Crippen molar-refractivity contribution in [2.75, 3.05) is 13.2 Å². The Bertz CT molecular complexity index is 126. The predicted octanol–water partition coefficient (Wildman–Crippen LogP) is 1.45. The van der Waals surface area contributed by atoms with Gasteiger partial charge in [-0.1, -0.05) is 0 Å². The smallest absolute Gasteiger partial charge is 0.327 e. The average molecular weight is 166 g/mol. The third-order valence-corrected chi connectivity index (χ3v) is 1.07. The van der Waals surface area contributed by atoms with Crippen LogP contribution < -0.4 is 0 Å². The van der Waals surface area contributed by atoms with Crippen molar-refractivity contribution in [2.24, 2.45) is 0 Å². The van der Waals surface area contributed by atoms with Gasteiger partial charge in [-0.3, -0.25) is 4.52 Å². The highest BCUT2D eigenvalue weighted by Crippen LogP contribution is 2.00. The van der Waals surface area contributed by atoms with Crippen LogP contribution in [0.4, 0.5) is 4.39 Å². The first kappa shape index (κ1) is 9.69. The lowest BCUT2D eigenvalue weighted by Crippen LogP contribution is -1.85. The molecule has 0 aliphatic rings. The van der Waals surface area contributed by atoms with Gasteiger partial charge < -0.3 is 5.11 Å². The van der Waals surface area contributed by atoms with Gasteiger partial charge >= 0.3 is 8.69 Å². The fraction of sp³-hybridized carbons (Fsp3) is 0.600. The second-order valence-corrected chi connectivity index (χ2v) is 1.91. The Kier molecular flexibility index (Phi) is 6.59. The summed E-state index contributed by atoms with van der Waals surface area (Å²) in [7, 11) is -0.403. The summed E-state index contributed by atoms with van der Waals surface area (Å²) in [6.45, 7) is -0.395. The van der Waals surface area contributed by atoms with Crippen molar-refractivity contribution < 1.29 is 18.6 Å². The summed E-state index contributed by atoms with van der Waals surface area (Å²) in [5, 5.41) is 8.14. The molecule has 5 heteroatoms. The second kappa shape index (κ2) is 6.81. The Labute approximate surface area is 59.8 Å². The molecule has 0 saturated heterocycles. The van der Waals surface area contributed by atoms with Gasteiger partial charge in [-0.05, 0) is 12.5 Å². The van der Waals surface area contributed by atoms with Gasteiger partial charge in [0.05, 0.1) is 13.2 Å². The third kappa shape index (κ3) is 5.82. The molecule has 0 aromatic rings. The zero-order valence-corrected chi connectivity index (χ0v) is 6.18. The van der Waals surface area contributed by atoms with Gasteiger partial charge in [-0.2, -0.15) is 0 Å². The number of hydrogen-bond donors (Lipinski definition) is 1. The zero-order valence-electron chi connectivity index (χ0n) is 5.29. The largest absolute Gasteiger partial charge is 0.389 e. The minimum absolute atomic E-state index is 0.193. The van der Waals surface area contributed by atoms with Crippen LogP contribution in [0.1, 0.15) is 6.42 Å². The maximum absolute atomic E-state index is 12.0. The molecule has 0 fully saturated rings. The van der Waals surface area contributed by atoms with E-state index in [2.05, 4.69) is 4.52 Å². The van der Waals surface area contributed by atoms with E-state index in [-0.39, 0.29) is 6.61 Å². The molecule has 0 bridgehead atoms. The average Bonchev–Trinajstić information content (AvgIpc) is 1.98. The predicted molar refractivity (Wildman–Crippen MR) is 34.5 cm³/mol. The molecule has 0 heterocycles. The topological polar surface area (TPSA) is 46.5 Å². The molecule has 0 unspecified atom stereocenters. The summed E-state index contributed by atoms with van der Waals surface area (Å²) >= 11 is 0. The minimum atomic E-state index is -0.592. The second-order valence-electron chi connectivity index (χ2n) is 1.51. The van der Waals surface area contributed by atoms with Gasteiger partial charge in [0.25, 0.3) is 0 Å². The molecular weight excluding hydrogens is 158 g/mol. The molecule has 0 radical (unpaired) electrons. The fourth-order valence-electron chi connectivity index (χ4n) is 0.370. The lowest BCUT2D eigenvalue weighted by Gasteiger charge is -1.89. The highest BCUT2D eigenvalue weighted by Gasteiger charge is 1.89. The number of halogens is 1. The van der Waals surface area contributed by atoms with Crippen molar-refractivity contribution in [2.45, 2.75) is 6.42 Å². The molecule has 0 atom stereocenters. The van der Waals surface area contributed by atoms with E-state index in [9.17, 15) is 8.96 Å². The minimum Gasteiger partial charge on any atom is -0.389 e. The van der Waals surface area contributed by atoms with E-state index >= 15 is 0 Å². The molecule has 0 amide bonds. The van der Waals surface area contributed by atoms with Crippen molar-refractivity contribution in [3.8, 4) is 0 Å². The van der Waals surface area contributed by atoms with E-state index in [0.29, 0.717) is 6.42 Å². The van der Waals surface area contributed by atoms with E-state index in [1.54, 1.807) is 0 Å². The van der Waals surface area contributed by atoms with Crippen molar-refractivity contribution in [1.82, 2.24) is 0 Å². The molecule has 1 N–H and O–H groups in total. The molecule has 0 aliphatic heterocycles. The SMILES string of the molecule is O=POCCC=C(F)CO. The van der Waals surface area contributed by atoms with Crippen LogP contribution in [0.5, 0.6) is 0 Å². The van der Waals surface area contributed by atoms with E-state index < -0.39 is 21.1 Å². The van der Waals surface area contributed by atoms with E-state index in [1.165, 1.54) is 6.08 Å². The summed E-state index contributed by atoms with van der Waals surface area (Å²) < 4.78 is 26.0. The summed E-state index contributed by atoms with van der Waals surface area (Å²) in [5.41, 5.74) is 0. The van der Waals surface area contributed by atoms with Gasteiger partial charge in [-0.25, -0.2) is 8.96 Å². The first-order valence-electron chi connectivity index (χ1n) is 2.71. The Morgan fingerprint density at radius 3 is 3.00 bits per heavy atom. The van der Waals surface area contributed by atoms with Gasteiger partial charge in [0.15, 0.2) is 0 Å². The van der Waals surface area contributed by atoms with Crippen LogP contribution in [0.15, 0.2) is 11.9 Å². The van der Waals surface area contributed by atoms with Crippen LogP contribution in [0.3, 0.4) is 0 Å². The summed E-state index contributed by atoms with van der Waals surface area (Å²) in [4.78, 5) is 0. The van der Waals surface area contributed by atoms with Crippen LogP contribution in [0.2, 0.25) is 0 Å². The molecule has 0 aromatic heterocycles. The van der Waals surface area contributed by atoms with Gasteiger partial charge in [0.1, 0.15) is 5.83 Å².